The number of amides is 2. The van der Waals surface area contributed by atoms with E-state index < -0.39 is 23.4 Å². The number of benzene rings is 3. The number of nitrogens with one attached hydrogen (secondary N) is 2. The lowest BCUT2D eigenvalue weighted by Crippen LogP contribution is -2.26. The zero-order valence-corrected chi connectivity index (χ0v) is 20.3. The highest BCUT2D eigenvalue weighted by molar-refractivity contribution is 6.06. The number of anilines is 4. The van der Waals surface area contributed by atoms with Crippen molar-refractivity contribution in [2.45, 2.75) is 12.8 Å². The van der Waals surface area contributed by atoms with Crippen molar-refractivity contribution in [3.05, 3.63) is 95.6 Å². The highest BCUT2D eigenvalue weighted by atomic mass is 19.1. The average Bonchev–Trinajstić information content (AvgIpc) is 3.13. The van der Waals surface area contributed by atoms with Gasteiger partial charge in [-0.25, -0.2) is 4.39 Å². The summed E-state index contributed by atoms with van der Waals surface area (Å²) < 4.78 is 13.4. The van der Waals surface area contributed by atoms with Gasteiger partial charge < -0.3 is 20.4 Å². The van der Waals surface area contributed by atoms with Gasteiger partial charge in [0.15, 0.2) is 5.78 Å². The van der Waals surface area contributed by atoms with Gasteiger partial charge >= 0.3 is 0 Å². The second-order valence-electron chi connectivity index (χ2n) is 8.43. The molecule has 3 aromatic carbocycles. The first-order valence-electron chi connectivity index (χ1n) is 11.5. The number of rotatable bonds is 7. The Morgan fingerprint density at radius 1 is 0.838 bits per heavy atom. The minimum atomic E-state index is -0.473. The number of Topliss-reactive ketones (excluding diaryl/α,β-unsaturated/α-hetero) is 1. The summed E-state index contributed by atoms with van der Waals surface area (Å²) in [6.07, 6.45) is -0.298. The van der Waals surface area contributed by atoms with E-state index in [1.54, 1.807) is 48.2 Å². The first-order valence-corrected chi connectivity index (χ1v) is 11.5. The van der Waals surface area contributed by atoms with Crippen LogP contribution < -0.4 is 20.4 Å². The zero-order chi connectivity index (χ0) is 26.5. The molecular formula is C28H24FN5O3. The Morgan fingerprint density at radius 2 is 1.46 bits per heavy atom. The minimum Gasteiger partial charge on any atom is -0.328 e. The first-order chi connectivity index (χ1) is 17.8. The van der Waals surface area contributed by atoms with Gasteiger partial charge in [-0.15, -0.1) is 0 Å². The Morgan fingerprint density at radius 3 is 2.08 bits per heavy atom. The number of carbonyl (C=O) groups is 3. The van der Waals surface area contributed by atoms with E-state index in [9.17, 15) is 24.0 Å². The highest BCUT2D eigenvalue weighted by Gasteiger charge is 2.31. The molecular weight excluding hydrogens is 473 g/mol. The molecule has 0 atom stereocenters. The molecule has 1 aliphatic rings. The lowest BCUT2D eigenvalue weighted by molar-refractivity contribution is -0.120. The maximum Gasteiger partial charge on any atom is 0.255 e. The van der Waals surface area contributed by atoms with Gasteiger partial charge in [0, 0.05) is 43.9 Å². The number of halogens is 1. The van der Waals surface area contributed by atoms with Gasteiger partial charge in [0.05, 0.1) is 11.4 Å². The van der Waals surface area contributed by atoms with E-state index in [1.165, 1.54) is 24.3 Å². The van der Waals surface area contributed by atoms with Crippen LogP contribution in [0.2, 0.25) is 0 Å². The Labute approximate surface area is 213 Å². The Bertz CT molecular complexity index is 1430. The topological polar surface area (TPSA) is 106 Å². The Kier molecular flexibility index (Phi) is 7.30. The van der Waals surface area contributed by atoms with Crippen molar-refractivity contribution < 1.29 is 18.8 Å². The lowest BCUT2D eigenvalue weighted by Gasteiger charge is -2.19. The summed E-state index contributed by atoms with van der Waals surface area (Å²) in [6.45, 7) is 0. The van der Waals surface area contributed by atoms with E-state index in [-0.39, 0.29) is 24.0 Å². The number of allylic oxidation sites excluding steroid dienone is 1. The monoisotopic (exact) mass is 497 g/mol. The summed E-state index contributed by atoms with van der Waals surface area (Å²) in [4.78, 5) is 41.5. The molecule has 3 aromatic rings. The molecule has 0 radical (unpaired) electrons. The molecule has 0 fully saturated rings. The van der Waals surface area contributed by atoms with Crippen LogP contribution in [0.5, 0.6) is 0 Å². The molecule has 0 saturated heterocycles. The van der Waals surface area contributed by atoms with E-state index in [0.29, 0.717) is 17.2 Å². The maximum absolute atomic E-state index is 13.4. The standard InChI is InChI=1S/C28H24FN5O3/c1-33-23-11-3-4-12-24(23)34(2)28(33)22(17-30)25(35)13-14-26(36)31-20-9-5-7-18(15-20)27(37)32-21-10-6-8-19(29)16-21/h3-12,15-16H,13-14H2,1-2H3,(H,31,36)(H,32,37). The summed E-state index contributed by atoms with van der Waals surface area (Å²) in [7, 11) is 3.57. The number of fused-ring (bicyclic) bond motifs is 1. The van der Waals surface area contributed by atoms with Crippen molar-refractivity contribution in [2.75, 3.05) is 34.5 Å². The molecule has 0 unspecified atom stereocenters. The van der Waals surface area contributed by atoms with Crippen LogP contribution in [-0.4, -0.2) is 31.7 Å². The molecule has 0 aliphatic carbocycles. The molecule has 186 valence electrons. The first kappa shape index (κ1) is 25.1. The second-order valence-corrected chi connectivity index (χ2v) is 8.43. The van der Waals surface area contributed by atoms with Crippen LogP contribution in [0.1, 0.15) is 23.2 Å². The molecule has 9 heteroatoms. The number of para-hydroxylation sites is 2. The molecule has 2 N–H and O–H groups in total. The van der Waals surface area contributed by atoms with Crippen LogP contribution in [0.4, 0.5) is 27.1 Å². The van der Waals surface area contributed by atoms with Gasteiger partial charge in [-0.3, -0.25) is 14.4 Å². The van der Waals surface area contributed by atoms with Gasteiger partial charge in [0.25, 0.3) is 5.91 Å². The van der Waals surface area contributed by atoms with E-state index in [4.69, 9.17) is 0 Å². The van der Waals surface area contributed by atoms with Crippen molar-refractivity contribution >= 4 is 40.3 Å². The smallest absolute Gasteiger partial charge is 0.255 e. The fraction of sp³-hybridized carbons (Fsp3) is 0.143. The number of hydrogen-bond donors (Lipinski definition) is 2. The van der Waals surface area contributed by atoms with Gasteiger partial charge in [-0.2, -0.15) is 5.26 Å². The van der Waals surface area contributed by atoms with Crippen LogP contribution >= 0.6 is 0 Å². The average molecular weight is 498 g/mol. The van der Waals surface area contributed by atoms with Crippen LogP contribution in [0.25, 0.3) is 0 Å². The van der Waals surface area contributed by atoms with Crippen LogP contribution in [0, 0.1) is 17.1 Å². The maximum atomic E-state index is 13.4. The van der Waals surface area contributed by atoms with Crippen LogP contribution in [0.15, 0.2) is 84.2 Å². The third-order valence-electron chi connectivity index (χ3n) is 5.92. The number of nitrogens with zero attached hydrogens (tertiary/aromatic N) is 3. The molecule has 1 heterocycles. The molecule has 0 aromatic heterocycles. The van der Waals surface area contributed by atoms with Gasteiger partial charge in [0.1, 0.15) is 23.3 Å². The van der Waals surface area contributed by atoms with Crippen LogP contribution in [0.3, 0.4) is 0 Å². The molecule has 0 saturated carbocycles. The summed E-state index contributed by atoms with van der Waals surface area (Å²) in [5, 5.41) is 15.0. The molecule has 37 heavy (non-hydrogen) atoms. The predicted molar refractivity (Wildman–Crippen MR) is 140 cm³/mol. The summed E-state index contributed by atoms with van der Waals surface area (Å²) in [5.41, 5.74) is 2.67. The minimum absolute atomic E-state index is 0.0231. The molecule has 2 amide bonds. The van der Waals surface area contributed by atoms with Crippen molar-refractivity contribution in [3.63, 3.8) is 0 Å². The van der Waals surface area contributed by atoms with Gasteiger partial charge in [-0.1, -0.05) is 24.3 Å². The Balaban J connectivity index is 1.39. The second kappa shape index (κ2) is 10.7. The SMILES string of the molecule is CN1C(=C(C#N)C(=O)CCC(=O)Nc2cccc(C(=O)Nc3cccc(F)c3)c2)N(C)c2ccccc21. The Hall–Kier alpha value is -4.97. The molecule has 1 aliphatic heterocycles. The van der Waals surface area contributed by atoms with Crippen molar-refractivity contribution in [3.8, 4) is 6.07 Å². The van der Waals surface area contributed by atoms with Gasteiger partial charge in [0.2, 0.25) is 5.91 Å². The molecule has 8 nitrogen and oxygen atoms in total. The third kappa shape index (κ3) is 5.49. The van der Waals surface area contributed by atoms with Gasteiger partial charge in [-0.05, 0) is 48.5 Å². The quantitative estimate of drug-likeness (QED) is 0.363. The number of carbonyl (C=O) groups excluding carboxylic acids is 3. The third-order valence-corrected chi connectivity index (χ3v) is 5.92. The molecule has 0 spiro atoms. The van der Waals surface area contributed by atoms with Crippen molar-refractivity contribution in [1.82, 2.24) is 0 Å². The van der Waals surface area contributed by atoms with Crippen molar-refractivity contribution in [1.29, 1.82) is 5.26 Å². The fourth-order valence-corrected chi connectivity index (χ4v) is 4.14. The molecule has 0 bridgehead atoms. The summed E-state index contributed by atoms with van der Waals surface area (Å²) in [5.74, 6) is -1.35. The van der Waals surface area contributed by atoms with E-state index in [0.717, 1.165) is 11.4 Å². The number of ketones is 1. The largest absolute Gasteiger partial charge is 0.328 e. The van der Waals surface area contributed by atoms with E-state index in [1.807, 2.05) is 30.3 Å². The summed E-state index contributed by atoms with van der Waals surface area (Å²) >= 11 is 0. The predicted octanol–water partition coefficient (Wildman–Crippen LogP) is 4.69. The zero-order valence-electron chi connectivity index (χ0n) is 20.3. The number of hydrogen-bond acceptors (Lipinski definition) is 6. The number of nitriles is 1. The highest BCUT2D eigenvalue weighted by Crippen LogP contribution is 2.40. The van der Waals surface area contributed by atoms with E-state index >= 15 is 0 Å². The lowest BCUT2D eigenvalue weighted by atomic mass is 10.1. The van der Waals surface area contributed by atoms with Crippen LogP contribution in [-0.2, 0) is 9.59 Å². The summed E-state index contributed by atoms with van der Waals surface area (Å²) in [6, 6.07) is 21.3. The molecule has 4 rings (SSSR count). The normalized spacial score (nSPS) is 12.0. The van der Waals surface area contributed by atoms with E-state index in [2.05, 4.69) is 10.6 Å². The fourth-order valence-electron chi connectivity index (χ4n) is 4.14. The van der Waals surface area contributed by atoms with Crippen molar-refractivity contribution in [2.24, 2.45) is 0 Å².